The highest BCUT2D eigenvalue weighted by atomic mass is 32.2. The van der Waals surface area contributed by atoms with Crippen LogP contribution >= 0.6 is 23.1 Å². The van der Waals surface area contributed by atoms with E-state index in [0.717, 1.165) is 37.4 Å². The third-order valence-electron chi connectivity index (χ3n) is 4.52. The molecule has 0 radical (unpaired) electrons. The minimum atomic E-state index is -0.256. The van der Waals surface area contributed by atoms with Crippen LogP contribution in [0, 0.1) is 5.82 Å². The van der Waals surface area contributed by atoms with Crippen molar-refractivity contribution in [3.05, 3.63) is 89.7 Å². The largest absolute Gasteiger partial charge is 0.332 e. The number of thiazole rings is 1. The van der Waals surface area contributed by atoms with E-state index >= 15 is 0 Å². The number of hydrogen-bond donors (Lipinski definition) is 1. The summed E-state index contributed by atoms with van der Waals surface area (Å²) in [7, 11) is 0. The molecule has 1 N–H and O–H groups in total. The van der Waals surface area contributed by atoms with Crippen molar-refractivity contribution in [3.63, 3.8) is 0 Å². The van der Waals surface area contributed by atoms with E-state index < -0.39 is 0 Å². The Bertz CT molecular complexity index is 1210. The summed E-state index contributed by atoms with van der Waals surface area (Å²) >= 11 is 3.19. The maximum atomic E-state index is 13.4. The smallest absolute Gasteiger partial charge is 0.166 e. The summed E-state index contributed by atoms with van der Waals surface area (Å²) in [6.45, 7) is 0. The lowest BCUT2D eigenvalue weighted by Gasteiger charge is -2.02. The number of benzene rings is 3. The van der Waals surface area contributed by atoms with Crippen LogP contribution in [-0.2, 0) is 5.75 Å². The van der Waals surface area contributed by atoms with Crippen LogP contribution in [0.15, 0.2) is 84.0 Å². The number of nitrogens with one attached hydrogen (secondary N) is 1. The number of H-pyrrole nitrogens is 1. The van der Waals surface area contributed by atoms with Crippen molar-refractivity contribution < 1.29 is 4.39 Å². The number of nitrogens with zero attached hydrogens (tertiary/aromatic N) is 2. The lowest BCUT2D eigenvalue weighted by Crippen LogP contribution is -1.82. The molecule has 0 unspecified atom stereocenters. The first-order valence-electron chi connectivity index (χ1n) is 9.15. The van der Waals surface area contributed by atoms with Gasteiger partial charge in [-0.3, -0.25) is 0 Å². The fourth-order valence-electron chi connectivity index (χ4n) is 3.18. The number of fused-ring (bicyclic) bond motifs is 1. The van der Waals surface area contributed by atoms with E-state index in [1.165, 1.54) is 12.1 Å². The molecular weight excluding hydrogens is 401 g/mol. The van der Waals surface area contributed by atoms with Crippen molar-refractivity contribution in [2.24, 2.45) is 0 Å². The highest BCUT2D eigenvalue weighted by molar-refractivity contribution is 7.98. The first-order valence-corrected chi connectivity index (χ1v) is 10.9. The van der Waals surface area contributed by atoms with Crippen LogP contribution in [0.1, 0.15) is 5.01 Å². The SMILES string of the molecule is Fc1ccc2sc(CSc3nc(-c4ccccc4)c(-c4ccccc4)[nH]3)nc2c1. The van der Waals surface area contributed by atoms with Gasteiger partial charge in [-0.15, -0.1) is 11.3 Å². The standard InChI is InChI=1S/C23H16FN3S2/c24-17-11-12-19-18(13-17)25-20(29-19)14-28-23-26-21(15-7-3-1-4-8-15)22(27-23)16-9-5-2-6-10-16/h1-13H,14H2,(H,26,27). The third-order valence-corrected chi connectivity index (χ3v) is 6.62. The number of hydrogen-bond acceptors (Lipinski definition) is 4. The zero-order valence-corrected chi connectivity index (χ0v) is 16.9. The first kappa shape index (κ1) is 18.1. The molecule has 3 aromatic carbocycles. The minimum absolute atomic E-state index is 0.256. The molecule has 2 aromatic heterocycles. The zero-order valence-electron chi connectivity index (χ0n) is 15.3. The number of thioether (sulfide) groups is 1. The highest BCUT2D eigenvalue weighted by Crippen LogP contribution is 2.34. The van der Waals surface area contributed by atoms with Gasteiger partial charge in [-0.05, 0) is 12.1 Å². The summed E-state index contributed by atoms with van der Waals surface area (Å²) in [5.74, 6) is 0.421. The Morgan fingerprint density at radius 2 is 1.59 bits per heavy atom. The average Bonchev–Trinajstić information content (AvgIpc) is 3.37. The van der Waals surface area contributed by atoms with E-state index in [9.17, 15) is 4.39 Å². The molecule has 6 heteroatoms. The van der Waals surface area contributed by atoms with E-state index in [-0.39, 0.29) is 5.82 Å². The number of rotatable bonds is 5. The molecule has 0 fully saturated rings. The molecule has 0 aliphatic carbocycles. The van der Waals surface area contributed by atoms with Crippen LogP contribution < -0.4 is 0 Å². The maximum Gasteiger partial charge on any atom is 0.166 e. The molecule has 29 heavy (non-hydrogen) atoms. The van der Waals surface area contributed by atoms with Gasteiger partial charge in [0.25, 0.3) is 0 Å². The van der Waals surface area contributed by atoms with Gasteiger partial charge in [-0.2, -0.15) is 0 Å². The Kier molecular flexibility index (Phi) is 4.87. The van der Waals surface area contributed by atoms with Crippen LogP contribution in [0.25, 0.3) is 32.7 Å². The monoisotopic (exact) mass is 417 g/mol. The number of imidazole rings is 1. The van der Waals surface area contributed by atoms with E-state index in [2.05, 4.69) is 34.2 Å². The lowest BCUT2D eigenvalue weighted by atomic mass is 10.1. The Balaban J connectivity index is 1.46. The van der Waals surface area contributed by atoms with Crippen molar-refractivity contribution in [2.75, 3.05) is 0 Å². The van der Waals surface area contributed by atoms with Gasteiger partial charge in [-0.25, -0.2) is 14.4 Å². The molecule has 3 nitrogen and oxygen atoms in total. The highest BCUT2D eigenvalue weighted by Gasteiger charge is 2.15. The molecule has 0 bridgehead atoms. The number of aromatic nitrogens is 3. The van der Waals surface area contributed by atoms with E-state index in [1.807, 2.05) is 36.4 Å². The molecule has 142 valence electrons. The molecule has 0 amide bonds. The summed E-state index contributed by atoms with van der Waals surface area (Å²) in [6, 6.07) is 25.1. The van der Waals surface area contributed by atoms with Crippen LogP contribution in [0.4, 0.5) is 4.39 Å². The summed E-state index contributed by atoms with van der Waals surface area (Å²) in [5, 5.41) is 1.79. The molecule has 0 aliphatic rings. The summed E-state index contributed by atoms with van der Waals surface area (Å²) in [6.07, 6.45) is 0. The minimum Gasteiger partial charge on any atom is -0.332 e. The lowest BCUT2D eigenvalue weighted by molar-refractivity contribution is 0.629. The quantitative estimate of drug-likeness (QED) is 0.320. The van der Waals surface area contributed by atoms with Crippen LogP contribution in [-0.4, -0.2) is 15.0 Å². The maximum absolute atomic E-state index is 13.4. The van der Waals surface area contributed by atoms with Crippen molar-refractivity contribution in [3.8, 4) is 22.5 Å². The average molecular weight is 418 g/mol. The third kappa shape index (κ3) is 3.81. The predicted octanol–water partition coefficient (Wildman–Crippen LogP) is 6.78. The number of halogens is 1. The van der Waals surface area contributed by atoms with Gasteiger partial charge < -0.3 is 4.98 Å². The molecular formula is C23H16FN3S2. The molecule has 0 aliphatic heterocycles. The Hall–Kier alpha value is -2.96. The van der Waals surface area contributed by atoms with Gasteiger partial charge in [0, 0.05) is 17.2 Å². The van der Waals surface area contributed by atoms with Gasteiger partial charge in [0.2, 0.25) is 0 Å². The van der Waals surface area contributed by atoms with Crippen molar-refractivity contribution in [2.45, 2.75) is 10.9 Å². The second-order valence-electron chi connectivity index (χ2n) is 6.51. The van der Waals surface area contributed by atoms with Crippen molar-refractivity contribution in [1.29, 1.82) is 0 Å². The molecule has 0 spiro atoms. The Labute approximate surface area is 175 Å². The second kappa shape index (κ2) is 7.81. The van der Waals surface area contributed by atoms with E-state index in [0.29, 0.717) is 11.3 Å². The van der Waals surface area contributed by atoms with Crippen LogP contribution in [0.2, 0.25) is 0 Å². The van der Waals surface area contributed by atoms with Gasteiger partial charge in [0.05, 0.1) is 27.4 Å². The molecule has 2 heterocycles. The molecule has 0 atom stereocenters. The number of aromatic amines is 1. The molecule has 5 aromatic rings. The molecule has 5 rings (SSSR count). The van der Waals surface area contributed by atoms with Gasteiger partial charge in [0.15, 0.2) is 5.16 Å². The van der Waals surface area contributed by atoms with Gasteiger partial charge in [-0.1, -0.05) is 72.4 Å². The topological polar surface area (TPSA) is 41.6 Å². The fourth-order valence-corrected chi connectivity index (χ4v) is 4.99. The zero-order chi connectivity index (χ0) is 19.6. The fraction of sp³-hybridized carbons (Fsp3) is 0.0435. The van der Waals surface area contributed by atoms with Gasteiger partial charge >= 0.3 is 0 Å². The normalized spacial score (nSPS) is 11.2. The Morgan fingerprint density at radius 1 is 0.862 bits per heavy atom. The van der Waals surface area contributed by atoms with E-state index in [1.54, 1.807) is 29.2 Å². The van der Waals surface area contributed by atoms with E-state index in [4.69, 9.17) is 4.98 Å². The molecule has 0 saturated heterocycles. The van der Waals surface area contributed by atoms with Gasteiger partial charge in [0.1, 0.15) is 10.8 Å². The van der Waals surface area contributed by atoms with Crippen LogP contribution in [0.3, 0.4) is 0 Å². The molecule has 0 saturated carbocycles. The van der Waals surface area contributed by atoms with Crippen molar-refractivity contribution >= 4 is 33.3 Å². The van der Waals surface area contributed by atoms with Crippen LogP contribution in [0.5, 0.6) is 0 Å². The Morgan fingerprint density at radius 3 is 2.34 bits per heavy atom. The summed E-state index contributed by atoms with van der Waals surface area (Å²) in [5.41, 5.74) is 4.82. The first-order chi connectivity index (χ1) is 14.3. The summed E-state index contributed by atoms with van der Waals surface area (Å²) < 4.78 is 14.4. The van der Waals surface area contributed by atoms with Crippen molar-refractivity contribution in [1.82, 2.24) is 15.0 Å². The second-order valence-corrected chi connectivity index (χ2v) is 8.59. The summed E-state index contributed by atoms with van der Waals surface area (Å²) in [4.78, 5) is 12.9. The predicted molar refractivity (Wildman–Crippen MR) is 119 cm³/mol.